The Kier molecular flexibility index (Phi) is 5.41. The number of benzene rings is 2. The maximum Gasteiger partial charge on any atom is 0.416 e. The van der Waals surface area contributed by atoms with E-state index in [1.165, 1.54) is 26.0 Å². The van der Waals surface area contributed by atoms with Gasteiger partial charge in [0.25, 0.3) is 5.91 Å². The molecule has 1 N–H and O–H groups in total. The van der Waals surface area contributed by atoms with Gasteiger partial charge < -0.3 is 9.73 Å². The van der Waals surface area contributed by atoms with Crippen LogP contribution in [0.2, 0.25) is 0 Å². The van der Waals surface area contributed by atoms with Crippen LogP contribution in [0.5, 0.6) is 0 Å². The number of carbonyl (C=O) groups is 1. The molecule has 3 aromatic rings. The summed E-state index contributed by atoms with van der Waals surface area (Å²) in [5.41, 5.74) is -0.583. The predicted octanol–water partition coefficient (Wildman–Crippen LogP) is 5.44. The third-order valence-corrected chi connectivity index (χ3v) is 4.35. The molecular weight excluding hydrogens is 395 g/mol. The van der Waals surface area contributed by atoms with E-state index in [0.717, 1.165) is 30.5 Å². The van der Waals surface area contributed by atoms with E-state index >= 15 is 0 Å². The van der Waals surface area contributed by atoms with E-state index in [0.29, 0.717) is 0 Å². The molecule has 0 aliphatic rings. The molecule has 0 aliphatic heterocycles. The van der Waals surface area contributed by atoms with Gasteiger partial charge in [0.1, 0.15) is 17.9 Å². The number of hydrogen-bond donors (Lipinski definition) is 1. The first-order valence-electron chi connectivity index (χ1n) is 8.46. The molecule has 0 radical (unpaired) electrons. The zero-order valence-electron chi connectivity index (χ0n) is 15.3. The summed E-state index contributed by atoms with van der Waals surface area (Å²) in [5, 5.41) is 2.54. The lowest BCUT2D eigenvalue weighted by atomic mass is 10.1. The Bertz CT molecular complexity index is 1020. The molecular formula is C20H15F5N2O2. The van der Waals surface area contributed by atoms with E-state index < -0.39 is 35.3 Å². The molecule has 29 heavy (non-hydrogen) atoms. The summed E-state index contributed by atoms with van der Waals surface area (Å²) in [6.45, 7) is 2.84. The summed E-state index contributed by atoms with van der Waals surface area (Å²) in [4.78, 5) is 16.3. The van der Waals surface area contributed by atoms with E-state index in [-0.39, 0.29) is 28.3 Å². The van der Waals surface area contributed by atoms with Crippen molar-refractivity contribution in [2.45, 2.75) is 26.1 Å². The van der Waals surface area contributed by atoms with Crippen LogP contribution < -0.4 is 5.32 Å². The Balaban J connectivity index is 1.74. The Morgan fingerprint density at radius 3 is 2.24 bits per heavy atom. The molecule has 0 fully saturated rings. The van der Waals surface area contributed by atoms with Crippen molar-refractivity contribution >= 4 is 5.91 Å². The van der Waals surface area contributed by atoms with E-state index in [4.69, 9.17) is 4.42 Å². The third kappa shape index (κ3) is 4.44. The number of alkyl halides is 3. The number of amides is 1. The summed E-state index contributed by atoms with van der Waals surface area (Å²) >= 11 is 0. The highest BCUT2D eigenvalue weighted by molar-refractivity contribution is 5.92. The maximum absolute atomic E-state index is 13.7. The van der Waals surface area contributed by atoms with Gasteiger partial charge in [-0.15, -0.1) is 0 Å². The molecule has 4 nitrogen and oxygen atoms in total. The van der Waals surface area contributed by atoms with Crippen molar-refractivity contribution in [3.05, 3.63) is 76.7 Å². The van der Waals surface area contributed by atoms with Gasteiger partial charge >= 0.3 is 6.18 Å². The van der Waals surface area contributed by atoms with Crippen LogP contribution in [0.25, 0.3) is 11.5 Å². The minimum atomic E-state index is -4.47. The molecule has 1 atom stereocenters. The van der Waals surface area contributed by atoms with Crippen molar-refractivity contribution < 1.29 is 31.2 Å². The Morgan fingerprint density at radius 2 is 1.69 bits per heavy atom. The van der Waals surface area contributed by atoms with Crippen molar-refractivity contribution in [3.63, 3.8) is 0 Å². The van der Waals surface area contributed by atoms with Gasteiger partial charge in [-0.05, 0) is 55.8 Å². The summed E-state index contributed by atoms with van der Waals surface area (Å²) < 4.78 is 70.5. The monoisotopic (exact) mass is 410 g/mol. The first kappa shape index (κ1) is 20.5. The van der Waals surface area contributed by atoms with Gasteiger partial charge in [-0.1, -0.05) is 0 Å². The van der Waals surface area contributed by atoms with Gasteiger partial charge in [0.15, 0.2) is 5.69 Å². The Morgan fingerprint density at radius 1 is 1.10 bits per heavy atom. The van der Waals surface area contributed by atoms with Gasteiger partial charge in [-0.2, -0.15) is 13.2 Å². The van der Waals surface area contributed by atoms with Gasteiger partial charge in [0.05, 0.1) is 11.6 Å². The molecule has 0 bridgehead atoms. The molecule has 0 unspecified atom stereocenters. The number of rotatable bonds is 4. The Hall–Kier alpha value is -3.23. The summed E-state index contributed by atoms with van der Waals surface area (Å²) in [6, 6.07) is 5.63. The number of aromatic nitrogens is 1. The molecule has 1 aromatic heterocycles. The van der Waals surface area contributed by atoms with E-state index in [2.05, 4.69) is 10.3 Å². The largest absolute Gasteiger partial charge is 0.444 e. The fraction of sp³-hybridized carbons (Fsp3) is 0.200. The second-order valence-electron chi connectivity index (χ2n) is 6.42. The lowest BCUT2D eigenvalue weighted by molar-refractivity contribution is -0.137. The third-order valence-electron chi connectivity index (χ3n) is 4.35. The lowest BCUT2D eigenvalue weighted by Gasteiger charge is -2.14. The second-order valence-corrected chi connectivity index (χ2v) is 6.42. The molecule has 1 heterocycles. The zero-order chi connectivity index (χ0) is 21.3. The first-order chi connectivity index (χ1) is 13.6. The van der Waals surface area contributed by atoms with E-state index in [1.807, 2.05) is 0 Å². The summed E-state index contributed by atoms with van der Waals surface area (Å²) in [6.07, 6.45) is -3.42. The van der Waals surface area contributed by atoms with Crippen molar-refractivity contribution in [1.29, 1.82) is 0 Å². The van der Waals surface area contributed by atoms with E-state index in [1.54, 1.807) is 0 Å². The molecule has 152 valence electrons. The number of nitrogens with zero attached hydrogens (tertiary/aromatic N) is 1. The zero-order valence-corrected chi connectivity index (χ0v) is 15.3. The highest BCUT2D eigenvalue weighted by Gasteiger charge is 2.30. The van der Waals surface area contributed by atoms with Crippen LogP contribution in [0.15, 0.2) is 47.1 Å². The molecule has 0 saturated heterocycles. The standard InChI is InChI=1S/C20H15F5N2O2/c1-10-15(21)7-13(8-16(10)22)11(2)26-18(28)17-9-29-19(27-17)12-3-5-14(6-4-12)20(23,24)25/h3-9,11H,1-2H3,(H,26,28)/t11-/m1/s1. The van der Waals surface area contributed by atoms with Crippen LogP contribution in [0.1, 0.15) is 40.1 Å². The smallest absolute Gasteiger partial charge is 0.416 e. The average Bonchev–Trinajstić information content (AvgIpc) is 3.15. The van der Waals surface area contributed by atoms with E-state index in [9.17, 15) is 26.7 Å². The van der Waals surface area contributed by atoms with Gasteiger partial charge in [0.2, 0.25) is 5.89 Å². The van der Waals surface area contributed by atoms with Gasteiger partial charge in [-0.25, -0.2) is 13.8 Å². The number of nitrogens with one attached hydrogen (secondary N) is 1. The number of hydrogen-bond acceptors (Lipinski definition) is 3. The molecule has 3 rings (SSSR count). The topological polar surface area (TPSA) is 55.1 Å². The molecule has 0 aliphatic carbocycles. The first-order valence-corrected chi connectivity index (χ1v) is 8.46. The highest BCUT2D eigenvalue weighted by Crippen LogP contribution is 2.30. The van der Waals surface area contributed by atoms with Crippen LogP contribution in [0.3, 0.4) is 0 Å². The molecule has 9 heteroatoms. The second kappa shape index (κ2) is 7.65. The molecule has 1 amide bonds. The predicted molar refractivity (Wildman–Crippen MR) is 93.9 cm³/mol. The fourth-order valence-electron chi connectivity index (χ4n) is 2.58. The minimum absolute atomic E-state index is 0.0380. The quantitative estimate of drug-likeness (QED) is 0.583. The van der Waals surface area contributed by atoms with Crippen LogP contribution in [-0.4, -0.2) is 10.9 Å². The van der Waals surface area contributed by atoms with Crippen molar-refractivity contribution in [3.8, 4) is 11.5 Å². The normalized spacial score (nSPS) is 12.7. The van der Waals surface area contributed by atoms with Crippen LogP contribution in [-0.2, 0) is 6.18 Å². The minimum Gasteiger partial charge on any atom is -0.444 e. The number of halogens is 5. The van der Waals surface area contributed by atoms with Crippen molar-refractivity contribution in [1.82, 2.24) is 10.3 Å². The lowest BCUT2D eigenvalue weighted by Crippen LogP contribution is -2.27. The van der Waals surface area contributed by atoms with Crippen molar-refractivity contribution in [2.24, 2.45) is 0 Å². The Labute approximate surface area is 162 Å². The summed E-state index contributed by atoms with van der Waals surface area (Å²) in [5.74, 6) is -2.16. The average molecular weight is 410 g/mol. The van der Waals surface area contributed by atoms with Crippen LogP contribution in [0.4, 0.5) is 22.0 Å². The fourth-order valence-corrected chi connectivity index (χ4v) is 2.58. The van der Waals surface area contributed by atoms with Crippen LogP contribution in [0, 0.1) is 18.6 Å². The molecule has 0 saturated carbocycles. The van der Waals surface area contributed by atoms with Crippen molar-refractivity contribution in [2.75, 3.05) is 0 Å². The van der Waals surface area contributed by atoms with Gasteiger partial charge in [-0.3, -0.25) is 4.79 Å². The SMILES string of the molecule is Cc1c(F)cc([C@@H](C)NC(=O)c2coc(-c3ccc(C(F)(F)F)cc3)n2)cc1F. The summed E-state index contributed by atoms with van der Waals surface area (Å²) in [7, 11) is 0. The maximum atomic E-state index is 13.7. The number of oxazole rings is 1. The molecule has 2 aromatic carbocycles. The number of carbonyl (C=O) groups excluding carboxylic acids is 1. The molecule has 0 spiro atoms. The highest BCUT2D eigenvalue weighted by atomic mass is 19.4. The van der Waals surface area contributed by atoms with Crippen LogP contribution >= 0.6 is 0 Å². The van der Waals surface area contributed by atoms with Gasteiger partial charge in [0, 0.05) is 11.1 Å².